The van der Waals surface area contributed by atoms with Crippen LogP contribution in [0.25, 0.3) is 11.2 Å². The van der Waals surface area contributed by atoms with E-state index in [0.29, 0.717) is 18.6 Å². The minimum absolute atomic E-state index is 0.0371. The van der Waals surface area contributed by atoms with Gasteiger partial charge in [0.2, 0.25) is 5.95 Å². The van der Waals surface area contributed by atoms with E-state index in [4.69, 9.17) is 40.4 Å². The molecule has 10 N–H and O–H groups in total. The molecule has 18 nitrogen and oxygen atoms in total. The maximum Gasteiger partial charge on any atom is 0.490 e. The van der Waals surface area contributed by atoms with E-state index in [1.165, 1.54) is 6.33 Å². The average molecular weight is 511 g/mol. The summed E-state index contributed by atoms with van der Waals surface area (Å²) >= 11 is 0. The van der Waals surface area contributed by atoms with Crippen LogP contribution in [0.2, 0.25) is 0 Å². The lowest BCUT2D eigenvalue weighted by Gasteiger charge is -2.11. The zero-order valence-electron chi connectivity index (χ0n) is 15.3. The number of aliphatic hydroxyl groups excluding tert-OH is 2. The average Bonchev–Trinajstić information content (AvgIpc) is 2.95. The molecule has 0 radical (unpaired) electrons. The van der Waals surface area contributed by atoms with Gasteiger partial charge in [-0.2, -0.15) is 13.6 Å². The lowest BCUT2D eigenvalue weighted by Crippen LogP contribution is -2.15. The number of nitrogen functional groups attached to an aromatic ring is 1. The first kappa shape index (κ1) is 27.5. The minimum Gasteiger partial charge on any atom is -0.396 e. The van der Waals surface area contributed by atoms with E-state index in [9.17, 15) is 18.5 Å². The standard InChI is InChI=1S/C10H15N5O3.H5O10P3/c11-10-13-8-7(9(18)14-10)12-5-15(8)2-1-6(3-16)4-17;1-11(2,3)9-13(7,8)10-12(4,5)6/h5-6,16-17H,1-4H2,(H3,11,13,14,18);(H,7,8)(H2,1,2,3)(H2,4,5,6). The Hall–Kier alpha value is -1.52. The summed E-state index contributed by atoms with van der Waals surface area (Å²) in [7, 11) is -16.2. The Labute approximate surface area is 172 Å². The highest BCUT2D eigenvalue weighted by Gasteiger charge is 2.38. The molecule has 0 aromatic carbocycles. The number of rotatable bonds is 9. The number of aliphatic hydroxyl groups is 2. The van der Waals surface area contributed by atoms with Crippen molar-refractivity contribution >= 4 is 40.6 Å². The van der Waals surface area contributed by atoms with Crippen LogP contribution in [0.3, 0.4) is 0 Å². The number of aryl methyl sites for hydroxylation is 1. The van der Waals surface area contributed by atoms with Gasteiger partial charge in [-0.05, 0) is 6.42 Å². The molecule has 0 amide bonds. The summed E-state index contributed by atoms with van der Waals surface area (Å²) < 4.78 is 38.1. The Morgan fingerprint density at radius 3 is 2.03 bits per heavy atom. The molecule has 0 spiro atoms. The third kappa shape index (κ3) is 10.1. The molecule has 21 heteroatoms. The fraction of sp³-hybridized carbons (Fsp3) is 0.500. The quantitative estimate of drug-likeness (QED) is 0.164. The first-order valence-electron chi connectivity index (χ1n) is 7.86. The molecule has 0 aliphatic carbocycles. The zero-order chi connectivity index (χ0) is 24.0. The summed E-state index contributed by atoms with van der Waals surface area (Å²) in [5.41, 5.74) is 5.73. The highest BCUT2D eigenvalue weighted by molar-refractivity contribution is 7.66. The van der Waals surface area contributed by atoms with Crippen molar-refractivity contribution in [3.63, 3.8) is 0 Å². The van der Waals surface area contributed by atoms with Crippen molar-refractivity contribution < 1.29 is 57.0 Å². The van der Waals surface area contributed by atoms with Gasteiger partial charge in [-0.15, -0.1) is 0 Å². The van der Waals surface area contributed by atoms with E-state index in [0.717, 1.165) is 0 Å². The third-order valence-electron chi connectivity index (χ3n) is 3.21. The molecule has 0 atom stereocenters. The summed E-state index contributed by atoms with van der Waals surface area (Å²) in [6.07, 6.45) is 2.06. The summed E-state index contributed by atoms with van der Waals surface area (Å²) in [5, 5.41) is 18.0. The van der Waals surface area contributed by atoms with Gasteiger partial charge in [0.1, 0.15) is 0 Å². The SMILES string of the molecule is Nc1nc2c(ncn2CCC(CO)CO)c(=O)[nH]1.O=P(O)(O)OP(=O)(O)OP(=O)(O)O. The summed E-state index contributed by atoms with van der Waals surface area (Å²) in [6.45, 7) is 0.330. The maximum atomic E-state index is 11.5. The largest absolute Gasteiger partial charge is 0.490 e. The molecule has 0 aliphatic heterocycles. The molecule has 0 saturated carbocycles. The maximum absolute atomic E-state index is 11.5. The van der Waals surface area contributed by atoms with Crippen molar-refractivity contribution in [2.45, 2.75) is 13.0 Å². The van der Waals surface area contributed by atoms with Gasteiger partial charge in [-0.1, -0.05) is 0 Å². The summed E-state index contributed by atoms with van der Waals surface area (Å²) in [5.74, 6) is -0.156. The van der Waals surface area contributed by atoms with Crippen molar-refractivity contribution in [2.75, 3.05) is 18.9 Å². The molecule has 2 aromatic rings. The molecule has 0 saturated heterocycles. The molecule has 0 bridgehead atoms. The Kier molecular flexibility index (Phi) is 9.65. The Bertz CT molecular complexity index is 1040. The van der Waals surface area contributed by atoms with Crippen LogP contribution in [-0.2, 0) is 28.9 Å². The predicted molar refractivity (Wildman–Crippen MR) is 101 cm³/mol. The minimum atomic E-state index is -5.46. The van der Waals surface area contributed by atoms with E-state index in [2.05, 4.69) is 23.6 Å². The van der Waals surface area contributed by atoms with Crippen molar-refractivity contribution in [2.24, 2.45) is 5.92 Å². The molecule has 178 valence electrons. The van der Waals surface area contributed by atoms with Crippen LogP contribution in [0.5, 0.6) is 0 Å². The highest BCUT2D eigenvalue weighted by atomic mass is 31.3. The predicted octanol–water partition coefficient (Wildman–Crippen LogP) is -2.00. The Morgan fingerprint density at radius 2 is 1.58 bits per heavy atom. The lowest BCUT2D eigenvalue weighted by atomic mass is 10.1. The van der Waals surface area contributed by atoms with Gasteiger partial charge in [0.15, 0.2) is 11.2 Å². The van der Waals surface area contributed by atoms with Crippen molar-refractivity contribution in [1.29, 1.82) is 0 Å². The number of H-pyrrole nitrogens is 1. The molecular weight excluding hydrogens is 491 g/mol. The van der Waals surface area contributed by atoms with Crippen LogP contribution < -0.4 is 11.3 Å². The van der Waals surface area contributed by atoms with E-state index in [1.807, 2.05) is 0 Å². The third-order valence-corrected chi connectivity index (χ3v) is 6.56. The number of hydrogen-bond donors (Lipinski definition) is 9. The van der Waals surface area contributed by atoms with Crippen molar-refractivity contribution in [3.05, 3.63) is 16.7 Å². The van der Waals surface area contributed by atoms with Gasteiger partial charge in [0, 0.05) is 25.7 Å². The van der Waals surface area contributed by atoms with Crippen LogP contribution in [0, 0.1) is 5.92 Å². The van der Waals surface area contributed by atoms with E-state index >= 15 is 0 Å². The van der Waals surface area contributed by atoms with Gasteiger partial charge in [-0.3, -0.25) is 9.78 Å². The first-order chi connectivity index (χ1) is 14.1. The zero-order valence-corrected chi connectivity index (χ0v) is 18.0. The number of imidazole rings is 1. The number of nitrogens with one attached hydrogen (secondary N) is 1. The van der Waals surface area contributed by atoms with E-state index in [1.54, 1.807) is 4.57 Å². The number of nitrogens with two attached hydrogens (primary N) is 1. The second kappa shape index (κ2) is 10.9. The van der Waals surface area contributed by atoms with Crippen LogP contribution in [-0.4, -0.2) is 67.4 Å². The van der Waals surface area contributed by atoms with Crippen molar-refractivity contribution in [1.82, 2.24) is 19.5 Å². The van der Waals surface area contributed by atoms with E-state index < -0.39 is 23.5 Å². The molecule has 2 aromatic heterocycles. The molecule has 31 heavy (non-hydrogen) atoms. The van der Waals surface area contributed by atoms with Gasteiger partial charge >= 0.3 is 23.5 Å². The molecule has 0 aliphatic rings. The van der Waals surface area contributed by atoms with Crippen LogP contribution in [0.15, 0.2) is 11.1 Å². The number of phosphoric acid groups is 3. The summed E-state index contributed by atoms with van der Waals surface area (Å²) in [4.78, 5) is 62.1. The summed E-state index contributed by atoms with van der Waals surface area (Å²) in [6, 6.07) is 0. The van der Waals surface area contributed by atoms with Gasteiger partial charge in [-0.25, -0.2) is 18.7 Å². The smallest absolute Gasteiger partial charge is 0.396 e. The van der Waals surface area contributed by atoms with Crippen LogP contribution >= 0.6 is 23.5 Å². The second-order valence-corrected chi connectivity index (χ2v) is 9.90. The van der Waals surface area contributed by atoms with Crippen molar-refractivity contribution in [3.8, 4) is 0 Å². The van der Waals surface area contributed by atoms with Gasteiger partial charge in [0.25, 0.3) is 5.56 Å². The molecule has 2 rings (SSSR count). The second-order valence-electron chi connectivity index (χ2n) is 5.69. The number of hydrogen-bond acceptors (Lipinski definition) is 11. The van der Waals surface area contributed by atoms with Crippen LogP contribution in [0.1, 0.15) is 6.42 Å². The Balaban J connectivity index is 0.000000330. The number of nitrogens with zero attached hydrogens (tertiary/aromatic N) is 3. The van der Waals surface area contributed by atoms with E-state index in [-0.39, 0.29) is 36.2 Å². The highest BCUT2D eigenvalue weighted by Crippen LogP contribution is 2.64. The normalized spacial score (nSPS) is 12.8. The number of aromatic nitrogens is 4. The topological polar surface area (TPSA) is 301 Å². The van der Waals surface area contributed by atoms with Gasteiger partial charge in [0.05, 0.1) is 6.33 Å². The van der Waals surface area contributed by atoms with Crippen LogP contribution in [0.4, 0.5) is 5.95 Å². The molecule has 0 unspecified atom stereocenters. The fourth-order valence-electron chi connectivity index (χ4n) is 1.98. The van der Waals surface area contributed by atoms with Gasteiger partial charge < -0.3 is 45.0 Å². The molecular formula is C10H20N5O13P3. The fourth-order valence-corrected chi connectivity index (χ4v) is 4.52. The molecule has 0 fully saturated rings. The number of fused-ring (bicyclic) bond motifs is 1. The number of anilines is 1. The number of aromatic amines is 1. The monoisotopic (exact) mass is 511 g/mol. The lowest BCUT2D eigenvalue weighted by molar-refractivity contribution is 0.140. The Morgan fingerprint density at radius 1 is 1.06 bits per heavy atom. The first-order valence-corrected chi connectivity index (χ1v) is 12.4. The molecule has 2 heterocycles.